The standard InChI is InChI=1S/C20H25N3O2/c1-15-11-18(13-19(24)12-15)23-10-9-22(16-5-3-2-4-6-16)14-17(23)7-8-20(21)25/h2-6,11-13,17,24H,7-10,14H2,1H3,(H2,21,25). The minimum Gasteiger partial charge on any atom is -0.508 e. The molecule has 5 nitrogen and oxygen atoms in total. The van der Waals surface area contributed by atoms with Crippen LogP contribution in [0, 0.1) is 6.92 Å². The Hall–Kier alpha value is -2.69. The second-order valence-electron chi connectivity index (χ2n) is 6.66. The third-order valence-electron chi connectivity index (χ3n) is 4.71. The summed E-state index contributed by atoms with van der Waals surface area (Å²) in [6.45, 7) is 4.53. The third kappa shape index (κ3) is 4.24. The van der Waals surface area contributed by atoms with Gasteiger partial charge in [-0.3, -0.25) is 4.79 Å². The minimum atomic E-state index is -0.274. The van der Waals surface area contributed by atoms with Gasteiger partial charge in [-0.25, -0.2) is 0 Å². The quantitative estimate of drug-likeness (QED) is 0.879. The number of amides is 1. The van der Waals surface area contributed by atoms with Gasteiger partial charge in [-0.05, 0) is 43.2 Å². The summed E-state index contributed by atoms with van der Waals surface area (Å²) in [5, 5.41) is 9.95. The van der Waals surface area contributed by atoms with E-state index in [-0.39, 0.29) is 17.7 Å². The van der Waals surface area contributed by atoms with E-state index in [0.717, 1.165) is 30.9 Å². The normalized spacial score (nSPS) is 17.6. The maximum absolute atomic E-state index is 11.3. The Morgan fingerprint density at radius 1 is 1.16 bits per heavy atom. The lowest BCUT2D eigenvalue weighted by atomic mass is 10.0. The molecule has 3 N–H and O–H groups in total. The molecule has 3 rings (SSSR count). The van der Waals surface area contributed by atoms with Gasteiger partial charge in [0.05, 0.1) is 0 Å². The summed E-state index contributed by atoms with van der Waals surface area (Å²) >= 11 is 0. The summed E-state index contributed by atoms with van der Waals surface area (Å²) in [7, 11) is 0. The highest BCUT2D eigenvalue weighted by molar-refractivity contribution is 5.73. The smallest absolute Gasteiger partial charge is 0.217 e. The fraction of sp³-hybridized carbons (Fsp3) is 0.350. The van der Waals surface area contributed by atoms with E-state index in [2.05, 4.69) is 28.0 Å². The number of phenols is 1. The Morgan fingerprint density at radius 3 is 2.60 bits per heavy atom. The summed E-state index contributed by atoms with van der Waals surface area (Å²) in [5.74, 6) is -0.00184. The van der Waals surface area contributed by atoms with Crippen molar-refractivity contribution >= 4 is 17.3 Å². The number of carbonyl (C=O) groups is 1. The average molecular weight is 339 g/mol. The number of piperazine rings is 1. The number of aromatic hydroxyl groups is 1. The molecule has 0 bridgehead atoms. The van der Waals surface area contributed by atoms with Gasteiger partial charge < -0.3 is 20.6 Å². The SMILES string of the molecule is Cc1cc(O)cc(N2CCN(c3ccccc3)CC2CCC(N)=O)c1. The first-order valence-corrected chi connectivity index (χ1v) is 8.68. The van der Waals surface area contributed by atoms with Crippen molar-refractivity contribution in [3.63, 3.8) is 0 Å². The molecule has 2 aromatic carbocycles. The summed E-state index contributed by atoms with van der Waals surface area (Å²) in [6.07, 6.45) is 1.06. The van der Waals surface area contributed by atoms with Crippen LogP contribution in [0.15, 0.2) is 48.5 Å². The number of phenolic OH excluding ortho intramolecular Hbond substituents is 1. The predicted molar refractivity (Wildman–Crippen MR) is 101 cm³/mol. The Labute approximate surface area is 148 Å². The van der Waals surface area contributed by atoms with Crippen LogP contribution in [-0.4, -0.2) is 36.7 Å². The Balaban J connectivity index is 1.83. The molecule has 0 aromatic heterocycles. The van der Waals surface area contributed by atoms with Gasteiger partial charge in [-0.15, -0.1) is 0 Å². The fourth-order valence-corrected chi connectivity index (χ4v) is 3.53. The van der Waals surface area contributed by atoms with Crippen LogP contribution in [-0.2, 0) is 4.79 Å². The first-order chi connectivity index (χ1) is 12.0. The van der Waals surface area contributed by atoms with Crippen molar-refractivity contribution < 1.29 is 9.90 Å². The minimum absolute atomic E-state index is 0.169. The molecule has 1 amide bonds. The van der Waals surface area contributed by atoms with E-state index in [1.807, 2.05) is 25.1 Å². The molecule has 25 heavy (non-hydrogen) atoms. The Morgan fingerprint density at radius 2 is 1.92 bits per heavy atom. The number of nitrogens with two attached hydrogens (primary N) is 1. The molecule has 2 aromatic rings. The van der Waals surface area contributed by atoms with Crippen LogP contribution in [0.4, 0.5) is 11.4 Å². The van der Waals surface area contributed by atoms with Gasteiger partial charge in [-0.1, -0.05) is 18.2 Å². The zero-order chi connectivity index (χ0) is 17.8. The molecule has 132 valence electrons. The first kappa shape index (κ1) is 17.1. The molecule has 0 radical (unpaired) electrons. The van der Waals surface area contributed by atoms with Crippen LogP contribution in [0.3, 0.4) is 0 Å². The van der Waals surface area contributed by atoms with Crippen LogP contribution in [0.2, 0.25) is 0 Å². The van der Waals surface area contributed by atoms with Crippen LogP contribution < -0.4 is 15.5 Å². The highest BCUT2D eigenvalue weighted by atomic mass is 16.3. The second-order valence-corrected chi connectivity index (χ2v) is 6.66. The number of nitrogens with zero attached hydrogens (tertiary/aromatic N) is 2. The van der Waals surface area contributed by atoms with Crippen LogP contribution in [0.25, 0.3) is 0 Å². The predicted octanol–water partition coefficient (Wildman–Crippen LogP) is 2.66. The van der Waals surface area contributed by atoms with Crippen LogP contribution >= 0.6 is 0 Å². The molecule has 5 heteroatoms. The zero-order valence-corrected chi connectivity index (χ0v) is 14.6. The molecule has 0 spiro atoms. The lowest BCUT2D eigenvalue weighted by molar-refractivity contribution is -0.118. The molecule has 1 unspecified atom stereocenters. The van der Waals surface area contributed by atoms with E-state index in [4.69, 9.17) is 5.73 Å². The number of aryl methyl sites for hydroxylation is 1. The van der Waals surface area contributed by atoms with Gasteiger partial charge in [0.1, 0.15) is 5.75 Å². The number of benzene rings is 2. The topological polar surface area (TPSA) is 69.8 Å². The molecule has 1 atom stereocenters. The maximum Gasteiger partial charge on any atom is 0.217 e. The molecule has 0 aliphatic carbocycles. The number of carbonyl (C=O) groups excluding carboxylic acids is 1. The van der Waals surface area contributed by atoms with E-state index >= 15 is 0 Å². The van der Waals surface area contributed by atoms with Crippen LogP contribution in [0.1, 0.15) is 18.4 Å². The maximum atomic E-state index is 11.3. The number of rotatable bonds is 5. The summed E-state index contributed by atoms with van der Waals surface area (Å²) < 4.78 is 0. The van der Waals surface area contributed by atoms with Crippen molar-refractivity contribution in [3.05, 3.63) is 54.1 Å². The highest BCUT2D eigenvalue weighted by Gasteiger charge is 2.28. The monoisotopic (exact) mass is 339 g/mol. The average Bonchev–Trinajstić information content (AvgIpc) is 2.59. The molecule has 1 aliphatic rings. The van der Waals surface area contributed by atoms with Gasteiger partial charge in [0.15, 0.2) is 0 Å². The second kappa shape index (κ2) is 7.47. The van der Waals surface area contributed by atoms with Gasteiger partial charge >= 0.3 is 0 Å². The van der Waals surface area contributed by atoms with Crippen molar-refractivity contribution in [2.45, 2.75) is 25.8 Å². The molecule has 1 heterocycles. The lowest BCUT2D eigenvalue weighted by Gasteiger charge is -2.44. The van der Waals surface area contributed by atoms with Crippen molar-refractivity contribution in [3.8, 4) is 5.75 Å². The van der Waals surface area contributed by atoms with Gasteiger partial charge in [0, 0.05) is 49.5 Å². The van der Waals surface area contributed by atoms with Gasteiger partial charge in [0.25, 0.3) is 0 Å². The van der Waals surface area contributed by atoms with Gasteiger partial charge in [0.2, 0.25) is 5.91 Å². The number of para-hydroxylation sites is 1. The van der Waals surface area contributed by atoms with E-state index < -0.39 is 0 Å². The zero-order valence-electron chi connectivity index (χ0n) is 14.6. The van der Waals surface area contributed by atoms with Crippen LogP contribution in [0.5, 0.6) is 5.75 Å². The molecule has 1 aliphatic heterocycles. The molecule has 0 saturated carbocycles. The highest BCUT2D eigenvalue weighted by Crippen LogP contribution is 2.29. The lowest BCUT2D eigenvalue weighted by Crippen LogP contribution is -2.53. The number of hydrogen-bond acceptors (Lipinski definition) is 4. The number of anilines is 2. The molecule has 1 saturated heterocycles. The van der Waals surface area contributed by atoms with E-state index in [9.17, 15) is 9.90 Å². The van der Waals surface area contributed by atoms with E-state index in [1.165, 1.54) is 5.69 Å². The molecular formula is C20H25N3O2. The van der Waals surface area contributed by atoms with Crippen molar-refractivity contribution in [2.75, 3.05) is 29.4 Å². The summed E-state index contributed by atoms with van der Waals surface area (Å²) in [5.41, 5.74) is 8.59. The molecular weight excluding hydrogens is 314 g/mol. The summed E-state index contributed by atoms with van der Waals surface area (Å²) in [6, 6.07) is 16.1. The first-order valence-electron chi connectivity index (χ1n) is 8.68. The Kier molecular flexibility index (Phi) is 5.12. The van der Waals surface area contributed by atoms with Crippen molar-refractivity contribution in [1.82, 2.24) is 0 Å². The summed E-state index contributed by atoms with van der Waals surface area (Å²) in [4.78, 5) is 15.9. The van der Waals surface area contributed by atoms with Crippen molar-refractivity contribution in [1.29, 1.82) is 0 Å². The Bertz CT molecular complexity index is 713. The number of hydrogen-bond donors (Lipinski definition) is 2. The number of primary amides is 1. The van der Waals surface area contributed by atoms with E-state index in [0.29, 0.717) is 12.8 Å². The largest absolute Gasteiger partial charge is 0.508 e. The van der Waals surface area contributed by atoms with Gasteiger partial charge in [-0.2, -0.15) is 0 Å². The third-order valence-corrected chi connectivity index (χ3v) is 4.71. The fourth-order valence-electron chi connectivity index (χ4n) is 3.53. The molecule has 1 fully saturated rings. The van der Waals surface area contributed by atoms with Crippen molar-refractivity contribution in [2.24, 2.45) is 5.73 Å². The van der Waals surface area contributed by atoms with E-state index in [1.54, 1.807) is 12.1 Å².